The van der Waals surface area contributed by atoms with E-state index in [1.165, 1.54) is 12.1 Å². The van der Waals surface area contributed by atoms with Gasteiger partial charge in [-0.1, -0.05) is 24.1 Å². The summed E-state index contributed by atoms with van der Waals surface area (Å²) < 4.78 is 26.4. The Morgan fingerprint density at radius 2 is 1.69 bits per heavy atom. The number of rotatable bonds is 10. The van der Waals surface area contributed by atoms with Gasteiger partial charge in [-0.25, -0.2) is 8.42 Å². The summed E-state index contributed by atoms with van der Waals surface area (Å²) in [6.45, 7) is 2.30. The summed E-state index contributed by atoms with van der Waals surface area (Å²) in [6, 6.07) is 5.11. The highest BCUT2D eigenvalue weighted by Gasteiger charge is 2.24. The summed E-state index contributed by atoms with van der Waals surface area (Å²) in [6.07, 6.45) is 1.44. The molecule has 0 fully saturated rings. The standard InChI is InChI=1S/C13H20N2O4S.C3H4Cl2O/c1-10-5-7-11(8-6-10)20(18,19)15-12(13(16)17)4-2-3-9-14;4-1-3(6)2-5/h5-8,12,15H,2-4,9,14H2,1H3,(H,16,17);1-2H2/t12-;/m0./s1. The van der Waals surface area contributed by atoms with Gasteiger partial charge in [0.15, 0.2) is 5.78 Å². The summed E-state index contributed by atoms with van der Waals surface area (Å²) in [5.74, 6) is -1.25. The molecule has 0 saturated heterocycles. The molecule has 0 unspecified atom stereocenters. The quantitative estimate of drug-likeness (QED) is 0.387. The number of hydrogen-bond acceptors (Lipinski definition) is 5. The molecule has 4 N–H and O–H groups in total. The first-order valence-corrected chi connectivity index (χ1v) is 10.4. The number of nitrogens with one attached hydrogen (secondary N) is 1. The largest absolute Gasteiger partial charge is 0.480 e. The molecule has 10 heteroatoms. The molecule has 0 aliphatic rings. The van der Waals surface area contributed by atoms with Crippen molar-refractivity contribution in [1.29, 1.82) is 0 Å². The molecule has 1 rings (SSSR count). The van der Waals surface area contributed by atoms with E-state index in [0.717, 1.165) is 5.56 Å². The van der Waals surface area contributed by atoms with Crippen LogP contribution in [0, 0.1) is 6.92 Å². The van der Waals surface area contributed by atoms with Gasteiger partial charge in [-0.2, -0.15) is 4.72 Å². The smallest absolute Gasteiger partial charge is 0.321 e. The van der Waals surface area contributed by atoms with Crippen molar-refractivity contribution in [3.8, 4) is 0 Å². The van der Waals surface area contributed by atoms with Gasteiger partial charge in [-0.3, -0.25) is 9.59 Å². The van der Waals surface area contributed by atoms with Crippen molar-refractivity contribution in [3.05, 3.63) is 29.8 Å². The molecule has 0 heterocycles. The molecule has 0 spiro atoms. The fraction of sp³-hybridized carbons (Fsp3) is 0.500. The number of aryl methyl sites for hydroxylation is 1. The SMILES string of the molecule is Cc1ccc(S(=O)(=O)N[C@@H](CCCCN)C(=O)O)cc1.O=C(CCl)CCl. The first-order valence-electron chi connectivity index (χ1n) is 7.83. The van der Waals surface area contributed by atoms with Crippen LogP contribution in [-0.2, 0) is 19.6 Å². The van der Waals surface area contributed by atoms with Gasteiger partial charge >= 0.3 is 5.97 Å². The van der Waals surface area contributed by atoms with Crippen LogP contribution in [0.2, 0.25) is 0 Å². The summed E-state index contributed by atoms with van der Waals surface area (Å²) in [5.41, 5.74) is 6.27. The zero-order valence-electron chi connectivity index (χ0n) is 14.5. The molecule has 7 nitrogen and oxygen atoms in total. The normalized spacial score (nSPS) is 12.0. The highest BCUT2D eigenvalue weighted by atomic mass is 35.5. The molecular formula is C16H24Cl2N2O5S. The topological polar surface area (TPSA) is 127 Å². The number of nitrogens with two attached hydrogens (primary N) is 1. The number of halogens is 2. The Hall–Kier alpha value is -1.19. The maximum atomic E-state index is 12.1. The lowest BCUT2D eigenvalue weighted by Gasteiger charge is -2.14. The fourth-order valence-corrected chi connectivity index (χ4v) is 3.24. The lowest BCUT2D eigenvalue weighted by molar-refractivity contribution is -0.139. The van der Waals surface area contributed by atoms with Crippen molar-refractivity contribution < 1.29 is 23.1 Å². The molecule has 0 aliphatic carbocycles. The van der Waals surface area contributed by atoms with Gasteiger partial charge in [0.2, 0.25) is 10.0 Å². The van der Waals surface area contributed by atoms with Gasteiger partial charge in [0, 0.05) is 0 Å². The summed E-state index contributed by atoms with van der Waals surface area (Å²) in [4.78, 5) is 21.1. The van der Waals surface area contributed by atoms with E-state index in [4.69, 9.17) is 34.0 Å². The molecule has 0 radical (unpaired) electrons. The zero-order chi connectivity index (χ0) is 20.2. The molecule has 1 atom stereocenters. The summed E-state index contributed by atoms with van der Waals surface area (Å²) in [7, 11) is -3.82. The summed E-state index contributed by atoms with van der Waals surface area (Å²) >= 11 is 10.0. The van der Waals surface area contributed by atoms with E-state index < -0.39 is 22.0 Å². The summed E-state index contributed by atoms with van der Waals surface area (Å²) in [5, 5.41) is 9.07. The van der Waals surface area contributed by atoms with Crippen molar-refractivity contribution in [2.45, 2.75) is 37.1 Å². The van der Waals surface area contributed by atoms with Crippen LogP contribution in [0.4, 0.5) is 0 Å². The predicted octanol–water partition coefficient (Wildman–Crippen LogP) is 1.89. The second-order valence-electron chi connectivity index (χ2n) is 5.42. The average molecular weight is 427 g/mol. The number of hydrogen-bond donors (Lipinski definition) is 3. The molecule has 1 aromatic rings. The van der Waals surface area contributed by atoms with Crippen LogP contribution in [0.3, 0.4) is 0 Å². The fourth-order valence-electron chi connectivity index (χ4n) is 1.73. The van der Waals surface area contributed by atoms with E-state index in [1.807, 2.05) is 6.92 Å². The van der Waals surface area contributed by atoms with Crippen molar-refractivity contribution in [2.75, 3.05) is 18.3 Å². The minimum absolute atomic E-state index is 0.0312. The minimum Gasteiger partial charge on any atom is -0.480 e. The Kier molecular flexibility index (Phi) is 12.5. The third-order valence-electron chi connectivity index (χ3n) is 3.17. The zero-order valence-corrected chi connectivity index (χ0v) is 16.8. The number of carbonyl (C=O) groups excluding carboxylic acids is 1. The van der Waals surface area contributed by atoms with Gasteiger partial charge in [0.25, 0.3) is 0 Å². The Labute approximate surface area is 163 Å². The van der Waals surface area contributed by atoms with E-state index in [-0.39, 0.29) is 28.9 Å². The van der Waals surface area contributed by atoms with Gasteiger partial charge in [-0.15, -0.1) is 23.2 Å². The lowest BCUT2D eigenvalue weighted by atomic mass is 10.1. The minimum atomic E-state index is -3.82. The van der Waals surface area contributed by atoms with Crippen LogP contribution < -0.4 is 10.5 Å². The number of unbranched alkanes of at least 4 members (excludes halogenated alkanes) is 1. The van der Waals surface area contributed by atoms with Crippen LogP contribution in [0.25, 0.3) is 0 Å². The second kappa shape index (κ2) is 13.1. The van der Waals surface area contributed by atoms with Gasteiger partial charge in [-0.05, 0) is 38.4 Å². The van der Waals surface area contributed by atoms with E-state index in [2.05, 4.69) is 4.72 Å². The van der Waals surface area contributed by atoms with E-state index >= 15 is 0 Å². The van der Waals surface area contributed by atoms with E-state index in [0.29, 0.717) is 19.4 Å². The monoisotopic (exact) mass is 426 g/mol. The molecule has 148 valence electrons. The molecule has 0 saturated carbocycles. The number of carboxylic acid groups (broad SMARTS) is 1. The molecule has 0 bridgehead atoms. The molecular weight excluding hydrogens is 403 g/mol. The Morgan fingerprint density at radius 3 is 2.08 bits per heavy atom. The Bertz CT molecular complexity index is 660. The van der Waals surface area contributed by atoms with Crippen LogP contribution in [0.15, 0.2) is 29.2 Å². The third-order valence-corrected chi connectivity index (χ3v) is 5.26. The Morgan fingerprint density at radius 1 is 1.15 bits per heavy atom. The van der Waals surface area contributed by atoms with Crippen molar-refractivity contribution in [1.82, 2.24) is 4.72 Å². The first-order chi connectivity index (χ1) is 12.2. The second-order valence-corrected chi connectivity index (χ2v) is 7.66. The Balaban J connectivity index is 0.000000896. The number of Topliss-reactive ketones (excluding diaryl/α,β-unsaturated/α-hetero) is 1. The van der Waals surface area contributed by atoms with Crippen LogP contribution in [0.1, 0.15) is 24.8 Å². The number of carbonyl (C=O) groups is 2. The number of aliphatic carboxylic acids is 1. The average Bonchev–Trinajstić information content (AvgIpc) is 2.61. The number of ketones is 1. The number of sulfonamides is 1. The van der Waals surface area contributed by atoms with Gasteiger partial charge in [0.05, 0.1) is 16.7 Å². The van der Waals surface area contributed by atoms with Gasteiger partial charge < -0.3 is 10.8 Å². The molecule has 0 aromatic heterocycles. The van der Waals surface area contributed by atoms with Crippen molar-refractivity contribution in [3.63, 3.8) is 0 Å². The predicted molar refractivity (Wildman–Crippen MR) is 102 cm³/mol. The van der Waals surface area contributed by atoms with Crippen molar-refractivity contribution >= 4 is 45.0 Å². The van der Waals surface area contributed by atoms with Crippen LogP contribution >= 0.6 is 23.2 Å². The first kappa shape index (κ1) is 24.8. The number of carboxylic acids is 1. The van der Waals surface area contributed by atoms with Crippen molar-refractivity contribution in [2.24, 2.45) is 5.73 Å². The van der Waals surface area contributed by atoms with Crippen LogP contribution in [-0.4, -0.2) is 49.6 Å². The van der Waals surface area contributed by atoms with E-state index in [9.17, 15) is 18.0 Å². The molecule has 0 amide bonds. The molecule has 26 heavy (non-hydrogen) atoms. The number of alkyl halides is 2. The third kappa shape index (κ3) is 10.1. The van der Waals surface area contributed by atoms with Crippen LogP contribution in [0.5, 0.6) is 0 Å². The van der Waals surface area contributed by atoms with Gasteiger partial charge in [0.1, 0.15) is 6.04 Å². The maximum Gasteiger partial charge on any atom is 0.321 e. The highest BCUT2D eigenvalue weighted by molar-refractivity contribution is 7.89. The lowest BCUT2D eigenvalue weighted by Crippen LogP contribution is -2.40. The highest BCUT2D eigenvalue weighted by Crippen LogP contribution is 2.12. The van der Waals surface area contributed by atoms with E-state index in [1.54, 1.807) is 12.1 Å². The number of benzene rings is 1. The molecule has 1 aromatic carbocycles. The maximum absolute atomic E-state index is 12.1. The molecule has 0 aliphatic heterocycles.